The number of nitro groups is 2. The summed E-state index contributed by atoms with van der Waals surface area (Å²) >= 11 is 0.832. The molecule has 0 spiro atoms. The molecule has 2 amide bonds. The molecule has 4 aliphatic heterocycles. The lowest BCUT2D eigenvalue weighted by atomic mass is 9.81. The van der Waals surface area contributed by atoms with Gasteiger partial charge in [0.15, 0.2) is 5.71 Å². The first-order valence-corrected chi connectivity index (χ1v) is 53.8. The Labute approximate surface area is 821 Å². The average Bonchev–Trinajstić information content (AvgIpc) is 1.58. The number of alkyl halides is 3. The summed E-state index contributed by atoms with van der Waals surface area (Å²) in [5.41, 5.74) is 14.4. The predicted octanol–water partition coefficient (Wildman–Crippen LogP) is 8.36. The first-order valence-electron chi connectivity index (χ1n) is 42.6. The largest absolute Gasteiger partial charge is 0.744 e. The van der Waals surface area contributed by atoms with Gasteiger partial charge in [-0.2, -0.15) is 49.3 Å². The normalized spacial score (nSPS) is 20.2. The zero-order valence-electron chi connectivity index (χ0n) is 77.2. The van der Waals surface area contributed by atoms with E-state index >= 15 is 0 Å². The number of fused-ring (bicyclic) bond motifs is 2. The van der Waals surface area contributed by atoms with Crippen molar-refractivity contribution in [3.8, 4) is 23.7 Å². The van der Waals surface area contributed by atoms with Crippen molar-refractivity contribution in [3.63, 3.8) is 0 Å². The number of aliphatic hydroxyl groups is 2. The van der Waals surface area contributed by atoms with Crippen LogP contribution in [0.25, 0.3) is 0 Å². The van der Waals surface area contributed by atoms with E-state index in [1.54, 1.807) is 45.1 Å². The van der Waals surface area contributed by atoms with Crippen LogP contribution >= 0.6 is 59.0 Å². The lowest BCUT2D eigenvalue weighted by Gasteiger charge is -2.25. The Bertz CT molecular complexity index is 6640. The van der Waals surface area contributed by atoms with Crippen molar-refractivity contribution >= 4 is 121 Å². The maximum atomic E-state index is 13.0. The fourth-order valence-electron chi connectivity index (χ4n) is 15.4. The number of unbranched alkanes of at least 4 members (excludes halogenated alkanes) is 2. The van der Waals surface area contributed by atoms with Crippen molar-refractivity contribution in [2.75, 3.05) is 55.8 Å². The third-order valence-electron chi connectivity index (χ3n) is 21.8. The molecular formula is C81H100F3N12O40P6S2-. The van der Waals surface area contributed by atoms with E-state index in [9.17, 15) is 128 Å². The maximum Gasteiger partial charge on any atom is 0.490 e. The number of carbonyl (C=O) groups excluding carboxylic acids is 2. The molecule has 788 valence electrons. The van der Waals surface area contributed by atoms with Crippen LogP contribution in [-0.4, -0.2) is 183 Å². The van der Waals surface area contributed by atoms with Gasteiger partial charge in [-0.25, -0.2) is 45.4 Å². The van der Waals surface area contributed by atoms with Gasteiger partial charge in [0.05, 0.1) is 107 Å². The average molecular weight is 2190 g/mol. The number of nitrogens with zero attached hydrogens (tertiary/aromatic N) is 8. The zero-order valence-corrected chi connectivity index (χ0v) is 84.2. The van der Waals surface area contributed by atoms with Crippen molar-refractivity contribution in [1.29, 1.82) is 0 Å². The number of hydrogen-bond donors (Lipinski definition) is 14. The van der Waals surface area contributed by atoms with Crippen LogP contribution in [0.3, 0.4) is 0 Å². The van der Waals surface area contributed by atoms with Crippen LogP contribution in [0.4, 0.5) is 47.6 Å². The molecule has 0 bridgehead atoms. The molecule has 144 heavy (non-hydrogen) atoms. The molecule has 10 rings (SSSR count). The summed E-state index contributed by atoms with van der Waals surface area (Å²) in [7, 11) is -38.8. The van der Waals surface area contributed by atoms with Crippen molar-refractivity contribution in [3.05, 3.63) is 207 Å². The summed E-state index contributed by atoms with van der Waals surface area (Å²) in [4.78, 5) is 156. The fourth-order valence-corrected chi connectivity index (χ4v) is 22.3. The highest BCUT2D eigenvalue weighted by Crippen LogP contribution is 2.68. The van der Waals surface area contributed by atoms with Gasteiger partial charge in [0.1, 0.15) is 53.0 Å². The lowest BCUT2D eigenvalue weighted by Crippen LogP contribution is -2.36. The Hall–Kier alpha value is -9.70. The molecule has 2 fully saturated rings. The van der Waals surface area contributed by atoms with Gasteiger partial charge < -0.3 is 105 Å². The van der Waals surface area contributed by atoms with Gasteiger partial charge in [0.25, 0.3) is 11.4 Å². The number of nitrogen functional groups attached to an aromatic ring is 2. The molecule has 2 saturated heterocycles. The second-order valence-electron chi connectivity index (χ2n) is 33.6. The molecule has 52 nitrogen and oxygen atoms in total. The predicted molar refractivity (Wildman–Crippen MR) is 494 cm³/mol. The number of benzene rings is 4. The maximum absolute atomic E-state index is 13.0. The molecule has 4 aliphatic rings. The highest BCUT2D eigenvalue weighted by Gasteiger charge is 2.49. The van der Waals surface area contributed by atoms with E-state index in [0.29, 0.717) is 42.8 Å². The minimum Gasteiger partial charge on any atom is -0.744 e. The number of halogens is 3. The highest BCUT2D eigenvalue weighted by atomic mass is 32.2. The molecule has 0 aliphatic carbocycles. The van der Waals surface area contributed by atoms with Crippen molar-refractivity contribution in [1.82, 2.24) is 29.7 Å². The number of nitrogens with two attached hydrogens (primary N) is 2. The molecule has 6 heterocycles. The topological polar surface area (TPSA) is 768 Å². The molecule has 4 aromatic carbocycles. The summed E-state index contributed by atoms with van der Waals surface area (Å²) in [6, 6.07) is 18.2. The number of allylic oxidation sites excluding steroid dienone is 6. The van der Waals surface area contributed by atoms with Gasteiger partial charge >= 0.3 is 70.4 Å². The number of anilines is 3. The van der Waals surface area contributed by atoms with E-state index in [4.69, 9.17) is 50.0 Å². The van der Waals surface area contributed by atoms with Crippen molar-refractivity contribution in [2.24, 2.45) is 11.8 Å². The number of aliphatic hydroxyl groups excluding tert-OH is 2. The van der Waals surface area contributed by atoms with Gasteiger partial charge in [0.2, 0.25) is 11.6 Å². The van der Waals surface area contributed by atoms with Crippen molar-refractivity contribution < 1.29 is 187 Å². The number of likely N-dealkylation sites (N-methyl/N-ethyl adjacent to an activating group) is 1. The summed E-state index contributed by atoms with van der Waals surface area (Å²) in [5.74, 6) is 6.50. The Balaban J connectivity index is 0.000000370. The van der Waals surface area contributed by atoms with E-state index in [2.05, 4.69) is 105 Å². The van der Waals surface area contributed by atoms with E-state index < -0.39 is 188 Å². The third kappa shape index (κ3) is 32.7. The molecular weight excluding hydrogens is 2090 g/mol. The molecule has 2 aromatic heterocycles. The monoisotopic (exact) mass is 2190 g/mol. The number of carbonyl (C=O) groups is 2. The van der Waals surface area contributed by atoms with Crippen LogP contribution in [0.1, 0.15) is 170 Å². The first kappa shape index (κ1) is 118. The quantitative estimate of drug-likeness (QED) is 0.00163. The van der Waals surface area contributed by atoms with Crippen LogP contribution in [0.15, 0.2) is 141 Å². The summed E-state index contributed by atoms with van der Waals surface area (Å²) in [6.45, 7) is 14.8. The molecule has 63 heteroatoms. The van der Waals surface area contributed by atoms with Gasteiger partial charge in [-0.3, -0.25) is 53.0 Å². The number of amides is 2. The fraction of sp³-hybridized carbons (Fsp3) is 0.444. The molecule has 0 saturated carbocycles. The van der Waals surface area contributed by atoms with E-state index in [1.807, 2.05) is 62.4 Å². The molecule has 16 N–H and O–H groups in total. The second-order valence-corrected chi connectivity index (χ2v) is 44.6. The summed E-state index contributed by atoms with van der Waals surface area (Å²) in [5, 5.41) is 63.8. The van der Waals surface area contributed by atoms with Gasteiger partial charge in [-0.15, -0.1) is 0 Å². The Morgan fingerprint density at radius 3 is 1.60 bits per heavy atom. The summed E-state index contributed by atoms with van der Waals surface area (Å²) < 4.78 is 198. The Kier molecular flexibility index (Phi) is 40.1. The minimum atomic E-state index is -5.83. The number of nitro benzene ring substituents is 2. The Morgan fingerprint density at radius 2 is 1.15 bits per heavy atom. The number of nitrogens with one attached hydrogen (secondary N) is 2. The number of phosphoric ester groups is 2. The van der Waals surface area contributed by atoms with Crippen LogP contribution < -0.4 is 43.6 Å². The molecule has 6 aromatic rings. The van der Waals surface area contributed by atoms with Crippen LogP contribution in [0.2, 0.25) is 0 Å². The smallest absolute Gasteiger partial charge is 0.490 e. The molecule has 12 atom stereocenters. The third-order valence-corrected chi connectivity index (χ3v) is 30.8. The number of rotatable bonds is 44. The SMILES string of the molecule is CC(C)C(OCc1cn([C@H]2C[C@@H](O)[C@@H](COP(=O)(O)OP(=O)(O)OP(=O)(O)O)O2)c(=O)nc1N)c1ccc(C#CCNC(=O)C(F)(F)F)cc1[N+](=O)[O-].CCN1C(=CC=CC=CC2=[N+](CCCCCC(=O)NCC#Cc3ccc(C(OCc4cn([C@H]5C[C@@H](O)[C@@H](COP(=O)(O)OP(=O)(O)OP(=O)(O)O)O5)c(=O)nc4N)C(C)C)c([N+](=O)[O-])c3)c3ccc(S(=O)(=O)[O-])cc3C2(C)C)C(C)(C)c2cc(SOO[O-])ccc21. The van der Waals surface area contributed by atoms with Gasteiger partial charge in [0, 0.05) is 118 Å². The number of aromatic nitrogens is 4. The lowest BCUT2D eigenvalue weighted by molar-refractivity contribution is -0.777. The van der Waals surface area contributed by atoms with Crippen LogP contribution in [0.5, 0.6) is 0 Å². The van der Waals surface area contributed by atoms with E-state index in [1.165, 1.54) is 42.6 Å². The standard InChI is InChI=1S/C56H70N7O23P3S2.C25H31F3N5O17P3/c1-8-60-43-24-21-38(90-84-83-69)29-41(43)55(4,5)48(60)17-11-9-12-18-49-56(6,7)42-30-39(91(77,78)79)22-25-44(42)61(49)27-14-10-13-19-50(65)58-26-15-16-36-20-23-40(45(28-36)63(67)68)52(35(2)3)80-33-37-32-62(54(66)59-53(37)57)51-31-46(64)47(82-51)34-81-88(73,74)86-89(75,76)85-87(70,71)72;1-13(2)21(16-6-5-14(8-17(16)33(37)38)4-3-7-30-23(35)25(26,27)28)46-11-15-10-32(24(36)31-22(15)29)20-9-18(34)19(48-20)12-47-52(42,43)50-53(44,45)49-51(39,40)41/h9,11-12,17-18,20-25,28-30,32,35,46-47,51-52,64H,8,10,13-14,19,26-27,31,33-34H2,1-7H3,(H8-,57,58,59,65,66,69,70,71,72,73,74,75,76,77,78,79);5-6,8,10,13,18-21,34H,7,9,11-12H2,1-2H3,(H,30,35)(H,42,43)(H,44,45)(H2,29,31,36)(H2,39,40,41)/p-1/t46-,47-,51-,52?;18-,19-,20-,21?/m11/s1. The van der Waals surface area contributed by atoms with Gasteiger partial charge in [-0.1, -0.05) is 83.5 Å². The first-order chi connectivity index (χ1) is 66.8. The van der Waals surface area contributed by atoms with Crippen LogP contribution in [0, 0.1) is 55.7 Å². The number of phosphoric acid groups is 6. The van der Waals surface area contributed by atoms with E-state index in [0.717, 1.165) is 61.8 Å². The number of hydrogen-bond acceptors (Lipinski definition) is 38. The highest BCUT2D eigenvalue weighted by molar-refractivity contribution is 7.94. The van der Waals surface area contributed by atoms with Crippen LogP contribution in [-0.2, 0) is 126 Å². The molecule has 0 radical (unpaired) electrons. The van der Waals surface area contributed by atoms with Crippen molar-refractivity contribution in [2.45, 2.75) is 190 Å². The summed E-state index contributed by atoms with van der Waals surface area (Å²) in [6.07, 6.45) is -2.14. The second kappa shape index (κ2) is 49.0. The minimum absolute atomic E-state index is 0.0452. The number of ether oxygens (including phenoxy) is 4. The van der Waals surface area contributed by atoms with E-state index in [-0.39, 0.29) is 99.8 Å². The van der Waals surface area contributed by atoms with Gasteiger partial charge in [-0.05, 0) is 112 Å². The zero-order chi connectivity index (χ0) is 107. The Morgan fingerprint density at radius 1 is 0.667 bits per heavy atom. The molecule has 6 unspecified atom stereocenters.